The lowest BCUT2D eigenvalue weighted by Gasteiger charge is -2.59. The number of aryl methyl sites for hydroxylation is 2. The van der Waals surface area contributed by atoms with Gasteiger partial charge in [-0.25, -0.2) is 0 Å². The van der Waals surface area contributed by atoms with Gasteiger partial charge in [-0.2, -0.15) is 0 Å². The predicted molar refractivity (Wildman–Crippen MR) is 128 cm³/mol. The Kier molecular flexibility index (Phi) is 6.45. The van der Waals surface area contributed by atoms with Crippen molar-refractivity contribution in [3.8, 4) is 0 Å². The molecule has 0 radical (unpaired) electrons. The summed E-state index contributed by atoms with van der Waals surface area (Å²) in [5.41, 5.74) is 5.31. The summed E-state index contributed by atoms with van der Waals surface area (Å²) in [6.45, 7) is 5.44. The number of carbonyl (C=O) groups is 1. The van der Waals surface area contributed by atoms with E-state index in [1.807, 2.05) is 25.3 Å². The fourth-order valence-electron chi connectivity index (χ4n) is 5.65. The highest BCUT2D eigenvalue weighted by Gasteiger charge is 2.51. The topological polar surface area (TPSA) is 96.8 Å². The molecule has 7 heteroatoms. The smallest absolute Gasteiger partial charge is 0.152 e. The van der Waals surface area contributed by atoms with Crippen LogP contribution in [0, 0.1) is 34.5 Å². The van der Waals surface area contributed by atoms with Gasteiger partial charge in [-0.1, -0.05) is 17.7 Å². The molecule has 1 aliphatic heterocycles. The summed E-state index contributed by atoms with van der Waals surface area (Å²) < 4.78 is 1.53. The summed E-state index contributed by atoms with van der Waals surface area (Å²) in [7, 11) is 0. The summed E-state index contributed by atoms with van der Waals surface area (Å²) in [5.74, 6) is 0.611. The Morgan fingerprint density at radius 2 is 1.94 bits per heavy atom. The van der Waals surface area contributed by atoms with E-state index in [1.54, 1.807) is 6.07 Å². The molecule has 1 aromatic carbocycles. The number of pyridine rings is 1. The number of carbonyl (C=O) groups excluding carboxylic acids is 1. The Labute approximate surface area is 193 Å². The number of nitrogens with one attached hydrogen (secondary N) is 3. The Bertz CT molecular complexity index is 1110. The van der Waals surface area contributed by atoms with E-state index in [1.165, 1.54) is 35.5 Å². The van der Waals surface area contributed by atoms with Gasteiger partial charge in [-0.05, 0) is 85.7 Å². The van der Waals surface area contributed by atoms with Crippen LogP contribution < -0.4 is 5.49 Å². The van der Waals surface area contributed by atoms with E-state index >= 15 is 0 Å². The maximum absolute atomic E-state index is 11.4. The van der Waals surface area contributed by atoms with E-state index in [0.29, 0.717) is 33.0 Å². The molecule has 0 atom stereocenters. The third kappa shape index (κ3) is 4.34. The highest BCUT2D eigenvalue weighted by atomic mass is 35.5. The summed E-state index contributed by atoms with van der Waals surface area (Å²) in [5, 5.41) is 23.4. The van der Waals surface area contributed by atoms with Crippen molar-refractivity contribution in [2.75, 3.05) is 19.6 Å². The van der Waals surface area contributed by atoms with Crippen LogP contribution in [0.25, 0.3) is 0 Å². The van der Waals surface area contributed by atoms with Gasteiger partial charge >= 0.3 is 0 Å². The second-order valence-corrected chi connectivity index (χ2v) is 9.90. The minimum Gasteiger partial charge on any atom is -0.308 e. The van der Waals surface area contributed by atoms with Gasteiger partial charge in [0, 0.05) is 36.6 Å². The molecular formula is C25H30ClN5O. The molecule has 2 aromatic rings. The van der Waals surface area contributed by atoms with Crippen molar-refractivity contribution in [3.05, 3.63) is 62.7 Å². The van der Waals surface area contributed by atoms with Crippen LogP contribution in [-0.4, -0.2) is 47.9 Å². The zero-order chi connectivity index (χ0) is 22.9. The van der Waals surface area contributed by atoms with E-state index in [4.69, 9.17) is 27.8 Å². The lowest BCUT2D eigenvalue weighted by atomic mass is 9.56. The lowest BCUT2D eigenvalue weighted by molar-refractivity contribution is -0.0937. The van der Waals surface area contributed by atoms with Crippen LogP contribution in [0.3, 0.4) is 0 Å². The van der Waals surface area contributed by atoms with Gasteiger partial charge in [-0.15, -0.1) is 0 Å². The SMILES string of the molecule is Cc1cn(C=N)c(=N)cc1CCCN1CC2(CC(Cc3ccc(Cl)c(C=O)c3C=N)C2)C1. The van der Waals surface area contributed by atoms with Gasteiger partial charge < -0.3 is 10.3 Å². The van der Waals surface area contributed by atoms with Crippen LogP contribution in [0.2, 0.25) is 5.02 Å². The van der Waals surface area contributed by atoms with Gasteiger partial charge in [0.25, 0.3) is 0 Å². The molecule has 1 saturated heterocycles. The Hall–Kier alpha value is -2.57. The fourth-order valence-corrected chi connectivity index (χ4v) is 5.86. The van der Waals surface area contributed by atoms with Crippen LogP contribution >= 0.6 is 11.6 Å². The van der Waals surface area contributed by atoms with Gasteiger partial charge in [0.1, 0.15) is 5.49 Å². The number of halogens is 1. The molecule has 0 unspecified atom stereocenters. The second-order valence-electron chi connectivity index (χ2n) is 9.49. The molecular weight excluding hydrogens is 422 g/mol. The Morgan fingerprint density at radius 1 is 1.19 bits per heavy atom. The molecule has 4 rings (SSSR count). The second kappa shape index (κ2) is 9.12. The summed E-state index contributed by atoms with van der Waals surface area (Å²) in [6, 6.07) is 5.62. The first-order chi connectivity index (χ1) is 15.4. The van der Waals surface area contributed by atoms with Crippen molar-refractivity contribution in [2.24, 2.45) is 11.3 Å². The van der Waals surface area contributed by atoms with E-state index in [-0.39, 0.29) is 0 Å². The molecule has 32 heavy (non-hydrogen) atoms. The van der Waals surface area contributed by atoms with E-state index < -0.39 is 0 Å². The van der Waals surface area contributed by atoms with E-state index in [0.717, 1.165) is 56.3 Å². The van der Waals surface area contributed by atoms with Crippen molar-refractivity contribution in [2.45, 2.75) is 39.0 Å². The molecule has 0 amide bonds. The van der Waals surface area contributed by atoms with Crippen LogP contribution in [0.5, 0.6) is 0 Å². The normalized spacial score (nSPS) is 17.6. The summed E-state index contributed by atoms with van der Waals surface area (Å²) >= 11 is 6.11. The average Bonchev–Trinajstić information content (AvgIpc) is 2.72. The quantitative estimate of drug-likeness (QED) is 0.304. The van der Waals surface area contributed by atoms with Crippen molar-refractivity contribution in [3.63, 3.8) is 0 Å². The number of nitrogens with zero attached hydrogens (tertiary/aromatic N) is 2. The molecule has 1 spiro atoms. The molecule has 1 saturated carbocycles. The van der Waals surface area contributed by atoms with Gasteiger partial charge in [0.05, 0.1) is 11.4 Å². The molecule has 1 aromatic heterocycles. The minimum absolute atomic E-state index is 0.358. The molecule has 0 bridgehead atoms. The van der Waals surface area contributed by atoms with Crippen molar-refractivity contribution >= 4 is 30.4 Å². The fraction of sp³-hybridized carbons (Fsp3) is 0.440. The maximum atomic E-state index is 11.4. The number of benzene rings is 1. The average molecular weight is 452 g/mol. The molecule has 1 aliphatic carbocycles. The van der Waals surface area contributed by atoms with Crippen LogP contribution in [0.15, 0.2) is 24.4 Å². The number of hydrogen-bond donors (Lipinski definition) is 3. The third-order valence-electron chi connectivity index (χ3n) is 7.14. The largest absolute Gasteiger partial charge is 0.308 e. The molecule has 2 aliphatic rings. The lowest BCUT2D eigenvalue weighted by Crippen LogP contribution is -2.62. The van der Waals surface area contributed by atoms with Gasteiger partial charge in [-0.3, -0.25) is 20.2 Å². The van der Waals surface area contributed by atoms with Crippen LogP contribution in [-0.2, 0) is 12.8 Å². The molecule has 3 N–H and O–H groups in total. The van der Waals surface area contributed by atoms with Crippen LogP contribution in [0.1, 0.15) is 51.9 Å². The number of aldehydes is 1. The van der Waals surface area contributed by atoms with E-state index in [2.05, 4.69) is 4.90 Å². The van der Waals surface area contributed by atoms with Crippen LogP contribution in [0.4, 0.5) is 0 Å². The first-order valence-corrected chi connectivity index (χ1v) is 11.5. The standard InChI is InChI=1S/C25H30ClN5O/c1-17-12-31(16-28)24(29)8-19(17)3-2-6-30-14-25(15-30)9-18(10-25)7-20-4-5-23(26)22(13-32)21(20)11-27/h4-5,8,11-13,16,18,27-29H,2-3,6-7,9-10,14-15H2,1H3. The summed E-state index contributed by atoms with van der Waals surface area (Å²) in [6.07, 6.45) is 10.4. The van der Waals surface area contributed by atoms with Crippen molar-refractivity contribution < 1.29 is 4.79 Å². The Morgan fingerprint density at radius 3 is 2.59 bits per heavy atom. The first-order valence-electron chi connectivity index (χ1n) is 11.1. The molecule has 6 nitrogen and oxygen atoms in total. The number of aromatic nitrogens is 1. The zero-order valence-electron chi connectivity index (χ0n) is 18.5. The van der Waals surface area contributed by atoms with Gasteiger partial charge in [0.15, 0.2) is 6.29 Å². The monoisotopic (exact) mass is 451 g/mol. The number of hydrogen-bond acceptors (Lipinski definition) is 5. The van der Waals surface area contributed by atoms with Crippen molar-refractivity contribution in [1.82, 2.24) is 9.47 Å². The minimum atomic E-state index is 0.358. The maximum Gasteiger partial charge on any atom is 0.152 e. The van der Waals surface area contributed by atoms with Gasteiger partial charge in [0.2, 0.25) is 0 Å². The highest BCUT2D eigenvalue weighted by molar-refractivity contribution is 6.33. The van der Waals surface area contributed by atoms with E-state index in [9.17, 15) is 4.79 Å². The zero-order valence-corrected chi connectivity index (χ0v) is 19.2. The molecule has 2 heterocycles. The molecule has 2 fully saturated rings. The van der Waals surface area contributed by atoms with Crippen molar-refractivity contribution in [1.29, 1.82) is 16.2 Å². The number of likely N-dealkylation sites (tertiary alicyclic amines) is 1. The number of rotatable bonds is 9. The first kappa shape index (κ1) is 22.6. The third-order valence-corrected chi connectivity index (χ3v) is 7.47. The molecule has 168 valence electrons. The highest BCUT2D eigenvalue weighted by Crippen LogP contribution is 2.53. The Balaban J connectivity index is 1.24. The summed E-state index contributed by atoms with van der Waals surface area (Å²) in [4.78, 5) is 13.9. The predicted octanol–water partition coefficient (Wildman–Crippen LogP) is 4.08.